The van der Waals surface area contributed by atoms with Gasteiger partial charge >= 0.3 is 0 Å². The van der Waals surface area contributed by atoms with E-state index in [1.165, 1.54) is 5.56 Å². The Hall–Kier alpha value is -2.64. The van der Waals surface area contributed by atoms with Gasteiger partial charge in [-0.15, -0.1) is 0 Å². The molecule has 0 atom stereocenters. The van der Waals surface area contributed by atoms with Crippen LogP contribution in [0.1, 0.15) is 45.8 Å². The minimum absolute atomic E-state index is 0.342. The van der Waals surface area contributed by atoms with Crippen LogP contribution in [0.2, 0.25) is 0 Å². The van der Waals surface area contributed by atoms with Crippen LogP contribution in [0.4, 0.5) is 0 Å². The average molecular weight is 319 g/mol. The Morgan fingerprint density at radius 1 is 1.12 bits per heavy atom. The van der Waals surface area contributed by atoms with E-state index in [0.29, 0.717) is 17.0 Å². The van der Waals surface area contributed by atoms with Gasteiger partial charge in [0.1, 0.15) is 0 Å². The van der Waals surface area contributed by atoms with E-state index in [2.05, 4.69) is 11.0 Å². The van der Waals surface area contributed by atoms with E-state index in [9.17, 15) is 4.79 Å². The van der Waals surface area contributed by atoms with Gasteiger partial charge in [-0.05, 0) is 61.2 Å². The summed E-state index contributed by atoms with van der Waals surface area (Å²) in [5, 5.41) is 8.86. The van der Waals surface area contributed by atoms with Crippen molar-refractivity contribution in [1.82, 2.24) is 4.90 Å². The number of piperidine rings is 1. The first kappa shape index (κ1) is 16.2. The van der Waals surface area contributed by atoms with Gasteiger partial charge in [0.2, 0.25) is 5.91 Å². The number of nitrogens with zero attached hydrogens (tertiary/aromatic N) is 2. The summed E-state index contributed by atoms with van der Waals surface area (Å²) in [5.41, 5.74) is 9.17. The second kappa shape index (κ2) is 7.29. The van der Waals surface area contributed by atoms with Crippen LogP contribution in [0.5, 0.6) is 0 Å². The fraction of sp³-hybridized carbons (Fsp3) is 0.300. The van der Waals surface area contributed by atoms with Crippen LogP contribution in [-0.2, 0) is 6.54 Å². The Bertz CT molecular complexity index is 753. The van der Waals surface area contributed by atoms with E-state index in [-0.39, 0.29) is 5.91 Å². The van der Waals surface area contributed by atoms with Crippen molar-refractivity contribution in [3.63, 3.8) is 0 Å². The van der Waals surface area contributed by atoms with E-state index >= 15 is 0 Å². The summed E-state index contributed by atoms with van der Waals surface area (Å²) in [4.78, 5) is 14.0. The third kappa shape index (κ3) is 3.64. The average Bonchev–Trinajstić information content (AvgIpc) is 2.63. The van der Waals surface area contributed by atoms with Gasteiger partial charge in [0.25, 0.3) is 0 Å². The van der Waals surface area contributed by atoms with Crippen molar-refractivity contribution in [1.29, 1.82) is 5.26 Å². The van der Waals surface area contributed by atoms with Gasteiger partial charge < -0.3 is 5.73 Å². The van der Waals surface area contributed by atoms with Crippen LogP contribution < -0.4 is 5.73 Å². The molecule has 0 unspecified atom stereocenters. The highest BCUT2D eigenvalue weighted by Gasteiger charge is 2.23. The van der Waals surface area contributed by atoms with Gasteiger partial charge in [-0.2, -0.15) is 5.26 Å². The molecule has 1 aliphatic rings. The topological polar surface area (TPSA) is 70.1 Å². The molecule has 4 nitrogen and oxygen atoms in total. The number of carbonyl (C=O) groups excluding carboxylic acids is 1. The second-order valence-corrected chi connectivity index (χ2v) is 6.31. The third-order valence-corrected chi connectivity index (χ3v) is 4.74. The van der Waals surface area contributed by atoms with Gasteiger partial charge in [0, 0.05) is 12.1 Å². The number of amides is 1. The SMILES string of the molecule is N#Cc1ccc(CN2CCC(c3ccccc3C(N)=O)CC2)cc1. The maximum atomic E-state index is 11.6. The highest BCUT2D eigenvalue weighted by molar-refractivity contribution is 5.94. The van der Waals surface area contributed by atoms with E-state index in [1.54, 1.807) is 0 Å². The molecule has 3 rings (SSSR count). The molecule has 0 spiro atoms. The molecule has 1 saturated heterocycles. The molecule has 1 heterocycles. The largest absolute Gasteiger partial charge is 0.366 e. The summed E-state index contributed by atoms with van der Waals surface area (Å²) < 4.78 is 0. The lowest BCUT2D eigenvalue weighted by atomic mass is 9.86. The molecule has 2 aromatic rings. The van der Waals surface area contributed by atoms with Crippen molar-refractivity contribution in [3.8, 4) is 6.07 Å². The van der Waals surface area contributed by atoms with Crippen LogP contribution in [0, 0.1) is 11.3 Å². The summed E-state index contributed by atoms with van der Waals surface area (Å²) in [6.45, 7) is 2.89. The normalized spacial score (nSPS) is 15.8. The number of likely N-dealkylation sites (tertiary alicyclic amines) is 1. The zero-order valence-electron chi connectivity index (χ0n) is 13.6. The fourth-order valence-corrected chi connectivity index (χ4v) is 3.42. The first-order valence-corrected chi connectivity index (χ1v) is 8.27. The lowest BCUT2D eigenvalue weighted by Gasteiger charge is -2.32. The molecule has 0 saturated carbocycles. The smallest absolute Gasteiger partial charge is 0.248 e. The number of carbonyl (C=O) groups is 1. The van der Waals surface area contributed by atoms with Crippen LogP contribution in [0.3, 0.4) is 0 Å². The Balaban J connectivity index is 1.62. The molecule has 2 N–H and O–H groups in total. The van der Waals surface area contributed by atoms with Gasteiger partial charge in [0.15, 0.2) is 0 Å². The standard InChI is InChI=1S/C20H21N3O/c21-13-15-5-7-16(8-6-15)14-23-11-9-17(10-12-23)18-3-1-2-4-19(18)20(22)24/h1-8,17H,9-12,14H2,(H2,22,24). The van der Waals surface area contributed by atoms with Crippen LogP contribution in [0.25, 0.3) is 0 Å². The Morgan fingerprint density at radius 3 is 2.42 bits per heavy atom. The van der Waals surface area contributed by atoms with E-state index in [4.69, 9.17) is 11.0 Å². The number of hydrogen-bond donors (Lipinski definition) is 1. The summed E-state index contributed by atoms with van der Waals surface area (Å²) in [5.74, 6) is 0.0523. The first-order chi connectivity index (χ1) is 11.7. The number of benzene rings is 2. The molecule has 24 heavy (non-hydrogen) atoms. The molecular weight excluding hydrogens is 298 g/mol. The number of rotatable bonds is 4. The third-order valence-electron chi connectivity index (χ3n) is 4.74. The summed E-state index contributed by atoms with van der Waals surface area (Å²) >= 11 is 0. The van der Waals surface area contributed by atoms with Crippen molar-refractivity contribution < 1.29 is 4.79 Å². The van der Waals surface area contributed by atoms with Crippen molar-refractivity contribution in [2.24, 2.45) is 5.73 Å². The Labute approximate surface area is 142 Å². The highest BCUT2D eigenvalue weighted by Crippen LogP contribution is 2.30. The minimum Gasteiger partial charge on any atom is -0.366 e. The molecule has 1 fully saturated rings. The summed E-state index contributed by atoms with van der Waals surface area (Å²) in [6.07, 6.45) is 2.06. The van der Waals surface area contributed by atoms with Crippen molar-refractivity contribution in [3.05, 3.63) is 70.8 Å². The predicted molar refractivity (Wildman–Crippen MR) is 93.4 cm³/mol. The van der Waals surface area contributed by atoms with Crippen molar-refractivity contribution >= 4 is 5.91 Å². The monoisotopic (exact) mass is 319 g/mol. The molecule has 0 aliphatic carbocycles. The molecule has 2 aromatic carbocycles. The van der Waals surface area contributed by atoms with Crippen LogP contribution >= 0.6 is 0 Å². The minimum atomic E-state index is -0.342. The zero-order valence-corrected chi connectivity index (χ0v) is 13.6. The lowest BCUT2D eigenvalue weighted by molar-refractivity contribution is 0.0998. The summed E-state index contributed by atoms with van der Waals surface area (Å²) in [7, 11) is 0. The number of nitriles is 1. The van der Waals surface area contributed by atoms with Crippen LogP contribution in [-0.4, -0.2) is 23.9 Å². The highest BCUT2D eigenvalue weighted by atomic mass is 16.1. The van der Waals surface area contributed by atoms with E-state index in [0.717, 1.165) is 38.0 Å². The quantitative estimate of drug-likeness (QED) is 0.941. The summed E-state index contributed by atoms with van der Waals surface area (Å²) in [6, 6.07) is 17.6. The molecule has 0 radical (unpaired) electrons. The second-order valence-electron chi connectivity index (χ2n) is 6.31. The Morgan fingerprint density at radius 2 is 1.79 bits per heavy atom. The van der Waals surface area contributed by atoms with E-state index < -0.39 is 0 Å². The van der Waals surface area contributed by atoms with Gasteiger partial charge in [-0.25, -0.2) is 0 Å². The predicted octanol–water partition coefficient (Wildman–Crippen LogP) is 3.04. The fourth-order valence-electron chi connectivity index (χ4n) is 3.42. The Kier molecular flexibility index (Phi) is 4.93. The maximum absolute atomic E-state index is 11.6. The molecule has 1 aliphatic heterocycles. The van der Waals surface area contributed by atoms with Gasteiger partial charge in [-0.3, -0.25) is 9.69 Å². The molecule has 1 amide bonds. The number of primary amides is 1. The molecule has 0 aromatic heterocycles. The number of hydrogen-bond acceptors (Lipinski definition) is 3. The molecular formula is C20H21N3O. The number of nitrogens with two attached hydrogens (primary N) is 1. The molecule has 122 valence electrons. The first-order valence-electron chi connectivity index (χ1n) is 8.27. The van der Waals surface area contributed by atoms with Gasteiger partial charge in [-0.1, -0.05) is 30.3 Å². The van der Waals surface area contributed by atoms with Gasteiger partial charge in [0.05, 0.1) is 11.6 Å². The van der Waals surface area contributed by atoms with Crippen molar-refractivity contribution in [2.75, 3.05) is 13.1 Å². The zero-order chi connectivity index (χ0) is 16.9. The van der Waals surface area contributed by atoms with Crippen LogP contribution in [0.15, 0.2) is 48.5 Å². The maximum Gasteiger partial charge on any atom is 0.248 e. The molecule has 4 heteroatoms. The molecule has 0 bridgehead atoms. The lowest BCUT2D eigenvalue weighted by Crippen LogP contribution is -2.33. The van der Waals surface area contributed by atoms with E-state index in [1.807, 2.05) is 48.5 Å². The van der Waals surface area contributed by atoms with Crippen molar-refractivity contribution in [2.45, 2.75) is 25.3 Å².